The van der Waals surface area contributed by atoms with E-state index in [1.165, 1.54) is 0 Å². The standard InChI is InChI=1S/C11H16N6O3/c12-10-9(17(19)20)11(15-7-14-10)13-4-3-8(18)16-5-1-2-6-16/h7H,1-6H2,(H3,12,13,14,15). The number of amides is 1. The van der Waals surface area contributed by atoms with Gasteiger partial charge in [-0.15, -0.1) is 0 Å². The smallest absolute Gasteiger partial charge is 0.352 e. The second-order valence-corrected chi connectivity index (χ2v) is 4.48. The highest BCUT2D eigenvalue weighted by Crippen LogP contribution is 2.26. The van der Waals surface area contributed by atoms with Gasteiger partial charge in [-0.2, -0.15) is 0 Å². The molecule has 0 saturated carbocycles. The number of nitrogens with two attached hydrogens (primary N) is 1. The zero-order valence-corrected chi connectivity index (χ0v) is 10.9. The Morgan fingerprint density at radius 3 is 2.80 bits per heavy atom. The summed E-state index contributed by atoms with van der Waals surface area (Å²) in [6.45, 7) is 1.85. The van der Waals surface area contributed by atoms with Crippen molar-refractivity contribution in [3.8, 4) is 0 Å². The number of nitrogens with one attached hydrogen (secondary N) is 1. The number of hydrogen-bond donors (Lipinski definition) is 2. The fourth-order valence-corrected chi connectivity index (χ4v) is 2.11. The summed E-state index contributed by atoms with van der Waals surface area (Å²) in [7, 11) is 0. The van der Waals surface area contributed by atoms with Gasteiger partial charge in [0, 0.05) is 26.1 Å². The molecule has 0 aromatic carbocycles. The van der Waals surface area contributed by atoms with E-state index in [1.54, 1.807) is 4.90 Å². The molecular weight excluding hydrogens is 264 g/mol. The van der Waals surface area contributed by atoms with E-state index in [1.807, 2.05) is 0 Å². The van der Waals surface area contributed by atoms with E-state index in [4.69, 9.17) is 5.73 Å². The SMILES string of the molecule is Nc1ncnc(NCCC(=O)N2CCCC2)c1[N+](=O)[O-]. The summed E-state index contributed by atoms with van der Waals surface area (Å²) in [6, 6.07) is 0. The van der Waals surface area contributed by atoms with Gasteiger partial charge in [-0.05, 0) is 12.8 Å². The van der Waals surface area contributed by atoms with Crippen molar-refractivity contribution in [3.63, 3.8) is 0 Å². The van der Waals surface area contributed by atoms with E-state index in [9.17, 15) is 14.9 Å². The molecule has 0 spiro atoms. The van der Waals surface area contributed by atoms with Crippen LogP contribution in [0.1, 0.15) is 19.3 Å². The molecule has 2 rings (SSSR count). The molecule has 9 heteroatoms. The van der Waals surface area contributed by atoms with Crippen LogP contribution in [0.2, 0.25) is 0 Å². The van der Waals surface area contributed by atoms with Crippen LogP contribution in [0, 0.1) is 10.1 Å². The van der Waals surface area contributed by atoms with Crippen molar-refractivity contribution < 1.29 is 9.72 Å². The second-order valence-electron chi connectivity index (χ2n) is 4.48. The largest absolute Gasteiger partial charge is 0.378 e. The van der Waals surface area contributed by atoms with E-state index >= 15 is 0 Å². The molecule has 1 aromatic rings. The van der Waals surface area contributed by atoms with E-state index in [0.717, 1.165) is 32.3 Å². The van der Waals surface area contributed by atoms with Gasteiger partial charge in [-0.25, -0.2) is 9.97 Å². The number of carbonyl (C=O) groups is 1. The fraction of sp³-hybridized carbons (Fsp3) is 0.545. The Hall–Kier alpha value is -2.45. The maximum Gasteiger partial charge on any atom is 0.352 e. The Labute approximate surface area is 115 Å². The Morgan fingerprint density at radius 2 is 2.15 bits per heavy atom. The number of rotatable bonds is 5. The molecule has 9 nitrogen and oxygen atoms in total. The van der Waals surface area contributed by atoms with Crippen LogP contribution in [0.3, 0.4) is 0 Å². The molecule has 20 heavy (non-hydrogen) atoms. The van der Waals surface area contributed by atoms with Crippen LogP contribution < -0.4 is 11.1 Å². The number of nitrogen functional groups attached to an aromatic ring is 1. The third kappa shape index (κ3) is 3.11. The number of aromatic nitrogens is 2. The van der Waals surface area contributed by atoms with E-state index in [0.29, 0.717) is 0 Å². The van der Waals surface area contributed by atoms with E-state index < -0.39 is 4.92 Å². The molecule has 0 aliphatic carbocycles. The first-order valence-corrected chi connectivity index (χ1v) is 6.36. The average molecular weight is 280 g/mol. The quantitative estimate of drug-likeness (QED) is 0.589. The molecule has 2 heterocycles. The molecule has 3 N–H and O–H groups in total. The summed E-state index contributed by atoms with van der Waals surface area (Å²) < 4.78 is 0. The van der Waals surface area contributed by atoms with Crippen molar-refractivity contribution in [2.45, 2.75) is 19.3 Å². The zero-order valence-electron chi connectivity index (χ0n) is 10.9. The van der Waals surface area contributed by atoms with Crippen molar-refractivity contribution in [2.24, 2.45) is 0 Å². The molecule has 1 aromatic heterocycles. The molecular formula is C11H16N6O3. The summed E-state index contributed by atoms with van der Waals surface area (Å²) in [5.41, 5.74) is 5.09. The Morgan fingerprint density at radius 1 is 1.45 bits per heavy atom. The van der Waals surface area contributed by atoms with Crippen LogP contribution in [0.5, 0.6) is 0 Å². The average Bonchev–Trinajstić information content (AvgIpc) is 2.92. The molecule has 0 bridgehead atoms. The van der Waals surface area contributed by atoms with Gasteiger partial charge in [-0.1, -0.05) is 0 Å². The predicted molar refractivity (Wildman–Crippen MR) is 72.0 cm³/mol. The zero-order chi connectivity index (χ0) is 14.5. The molecule has 0 radical (unpaired) electrons. The van der Waals surface area contributed by atoms with Crippen LogP contribution in [0.25, 0.3) is 0 Å². The van der Waals surface area contributed by atoms with Crippen molar-refractivity contribution in [2.75, 3.05) is 30.7 Å². The van der Waals surface area contributed by atoms with Gasteiger partial charge in [-0.3, -0.25) is 14.9 Å². The van der Waals surface area contributed by atoms with Crippen LogP contribution in [0.15, 0.2) is 6.33 Å². The molecule has 0 unspecified atom stereocenters. The number of hydrogen-bond acceptors (Lipinski definition) is 7. The lowest BCUT2D eigenvalue weighted by Gasteiger charge is -2.15. The molecule has 1 aliphatic rings. The van der Waals surface area contributed by atoms with Gasteiger partial charge in [0.25, 0.3) is 0 Å². The van der Waals surface area contributed by atoms with Gasteiger partial charge in [0.2, 0.25) is 17.5 Å². The first kappa shape index (κ1) is 14.0. The highest BCUT2D eigenvalue weighted by atomic mass is 16.6. The third-order valence-corrected chi connectivity index (χ3v) is 3.12. The number of nitrogens with zero attached hydrogens (tertiary/aromatic N) is 4. The summed E-state index contributed by atoms with van der Waals surface area (Å²) in [4.78, 5) is 31.2. The van der Waals surface area contributed by atoms with Crippen molar-refractivity contribution in [1.29, 1.82) is 0 Å². The van der Waals surface area contributed by atoms with Crippen LogP contribution in [0.4, 0.5) is 17.3 Å². The van der Waals surface area contributed by atoms with Crippen molar-refractivity contribution in [1.82, 2.24) is 14.9 Å². The number of anilines is 2. The normalized spacial score (nSPS) is 14.3. The lowest BCUT2D eigenvalue weighted by Crippen LogP contribution is -2.29. The van der Waals surface area contributed by atoms with Crippen molar-refractivity contribution in [3.05, 3.63) is 16.4 Å². The fourth-order valence-electron chi connectivity index (χ4n) is 2.11. The van der Waals surface area contributed by atoms with Gasteiger partial charge in [0.05, 0.1) is 4.92 Å². The van der Waals surface area contributed by atoms with E-state index in [2.05, 4.69) is 15.3 Å². The molecule has 1 saturated heterocycles. The molecule has 108 valence electrons. The maximum absolute atomic E-state index is 11.8. The van der Waals surface area contributed by atoms with Crippen LogP contribution >= 0.6 is 0 Å². The summed E-state index contributed by atoms with van der Waals surface area (Å²) in [5, 5.41) is 13.6. The Bertz CT molecular complexity index is 515. The second kappa shape index (κ2) is 6.13. The van der Waals surface area contributed by atoms with Crippen molar-refractivity contribution >= 4 is 23.2 Å². The number of nitro groups is 1. The first-order chi connectivity index (χ1) is 9.59. The van der Waals surface area contributed by atoms with Crippen LogP contribution in [-0.2, 0) is 4.79 Å². The minimum atomic E-state index is -0.639. The molecule has 0 atom stereocenters. The topological polar surface area (TPSA) is 127 Å². The minimum absolute atomic E-state index is 0.0386. The van der Waals surface area contributed by atoms with Gasteiger partial charge in [0.15, 0.2) is 0 Å². The van der Waals surface area contributed by atoms with E-state index in [-0.39, 0.29) is 36.2 Å². The monoisotopic (exact) mass is 280 g/mol. The van der Waals surface area contributed by atoms with Gasteiger partial charge < -0.3 is 16.0 Å². The van der Waals surface area contributed by atoms with Gasteiger partial charge >= 0.3 is 5.69 Å². The number of likely N-dealkylation sites (tertiary alicyclic amines) is 1. The summed E-state index contributed by atoms with van der Waals surface area (Å²) in [6.07, 6.45) is 3.48. The van der Waals surface area contributed by atoms with Crippen LogP contribution in [-0.4, -0.2) is 45.3 Å². The lowest BCUT2D eigenvalue weighted by atomic mass is 10.3. The Balaban J connectivity index is 1.92. The number of carbonyl (C=O) groups excluding carboxylic acids is 1. The third-order valence-electron chi connectivity index (χ3n) is 3.12. The first-order valence-electron chi connectivity index (χ1n) is 6.36. The predicted octanol–water partition coefficient (Wildman–Crippen LogP) is 0.391. The summed E-state index contributed by atoms with van der Waals surface area (Å²) >= 11 is 0. The highest BCUT2D eigenvalue weighted by molar-refractivity contribution is 5.77. The summed E-state index contributed by atoms with van der Waals surface area (Å²) in [5.74, 6) is -0.116. The highest BCUT2D eigenvalue weighted by Gasteiger charge is 2.21. The Kier molecular flexibility index (Phi) is 4.28. The maximum atomic E-state index is 11.8. The molecule has 1 aliphatic heterocycles. The minimum Gasteiger partial charge on any atom is -0.378 e. The lowest BCUT2D eigenvalue weighted by molar-refractivity contribution is -0.383. The molecule has 1 fully saturated rings. The molecule has 1 amide bonds. The van der Waals surface area contributed by atoms with Gasteiger partial charge in [0.1, 0.15) is 6.33 Å².